The van der Waals surface area contributed by atoms with Gasteiger partial charge in [-0.3, -0.25) is 9.59 Å². The van der Waals surface area contributed by atoms with Crippen LogP contribution >= 0.6 is 35.6 Å². The SMILES string of the molecule is COc1cc(/C=C2\SC(=S)NC2=O)ccc1OCC(=O)Nc1ccc(C)c(Cl)c1. The molecule has 0 spiro atoms. The highest BCUT2D eigenvalue weighted by atomic mass is 35.5. The number of thioether (sulfide) groups is 1. The summed E-state index contributed by atoms with van der Waals surface area (Å²) in [5.41, 5.74) is 2.26. The van der Waals surface area contributed by atoms with E-state index in [9.17, 15) is 9.59 Å². The van der Waals surface area contributed by atoms with Crippen LogP contribution in [0.1, 0.15) is 11.1 Å². The number of nitrogens with one attached hydrogen (secondary N) is 2. The second kappa shape index (κ2) is 9.30. The predicted molar refractivity (Wildman–Crippen MR) is 120 cm³/mol. The topological polar surface area (TPSA) is 76.7 Å². The van der Waals surface area contributed by atoms with Crippen LogP contribution in [0.15, 0.2) is 41.3 Å². The molecule has 2 aromatic rings. The summed E-state index contributed by atoms with van der Waals surface area (Å²) in [6.45, 7) is 1.68. The summed E-state index contributed by atoms with van der Waals surface area (Å²) in [4.78, 5) is 24.4. The lowest BCUT2D eigenvalue weighted by atomic mass is 10.2. The highest BCUT2D eigenvalue weighted by Crippen LogP contribution is 2.31. The first-order chi connectivity index (χ1) is 13.9. The van der Waals surface area contributed by atoms with Gasteiger partial charge in [-0.1, -0.05) is 47.7 Å². The highest BCUT2D eigenvalue weighted by Gasteiger charge is 2.22. The summed E-state index contributed by atoms with van der Waals surface area (Å²) in [6.07, 6.45) is 1.71. The minimum atomic E-state index is -0.328. The van der Waals surface area contributed by atoms with Gasteiger partial charge in [0.25, 0.3) is 11.8 Å². The third kappa shape index (κ3) is 5.50. The molecule has 0 unspecified atom stereocenters. The fourth-order valence-electron chi connectivity index (χ4n) is 2.48. The Balaban J connectivity index is 1.65. The molecule has 0 aromatic heterocycles. The summed E-state index contributed by atoms with van der Waals surface area (Å²) < 4.78 is 11.3. The summed E-state index contributed by atoms with van der Waals surface area (Å²) in [6, 6.07) is 10.4. The van der Waals surface area contributed by atoms with Crippen molar-refractivity contribution in [2.75, 3.05) is 19.0 Å². The van der Waals surface area contributed by atoms with E-state index in [0.29, 0.717) is 31.4 Å². The lowest BCUT2D eigenvalue weighted by Crippen LogP contribution is -2.20. The van der Waals surface area contributed by atoms with Crippen LogP contribution in [-0.4, -0.2) is 29.9 Å². The van der Waals surface area contributed by atoms with Crippen LogP contribution in [0.25, 0.3) is 6.08 Å². The van der Waals surface area contributed by atoms with Crippen LogP contribution in [0.2, 0.25) is 5.02 Å². The van der Waals surface area contributed by atoms with Gasteiger partial charge >= 0.3 is 0 Å². The minimum absolute atomic E-state index is 0.200. The van der Waals surface area contributed by atoms with Crippen molar-refractivity contribution in [2.45, 2.75) is 6.92 Å². The molecule has 6 nitrogen and oxygen atoms in total. The Morgan fingerprint density at radius 1 is 1.28 bits per heavy atom. The Bertz CT molecular complexity index is 1020. The van der Waals surface area contributed by atoms with Gasteiger partial charge in [0.15, 0.2) is 18.1 Å². The first kappa shape index (κ1) is 21.2. The second-order valence-corrected chi connectivity index (χ2v) is 8.19. The van der Waals surface area contributed by atoms with Crippen molar-refractivity contribution in [3.63, 3.8) is 0 Å². The molecule has 3 rings (SSSR count). The number of thiocarbonyl (C=S) groups is 1. The number of amides is 2. The van der Waals surface area contributed by atoms with E-state index in [1.54, 1.807) is 36.4 Å². The molecule has 1 saturated heterocycles. The van der Waals surface area contributed by atoms with Gasteiger partial charge in [-0.15, -0.1) is 0 Å². The maximum absolute atomic E-state index is 12.2. The number of aryl methyl sites for hydroxylation is 1. The fourth-order valence-corrected chi connectivity index (χ4v) is 3.70. The molecule has 2 aromatic carbocycles. The van der Waals surface area contributed by atoms with Crippen molar-refractivity contribution in [3.8, 4) is 11.5 Å². The Morgan fingerprint density at radius 3 is 2.72 bits per heavy atom. The molecule has 29 heavy (non-hydrogen) atoms. The van der Waals surface area contributed by atoms with E-state index in [-0.39, 0.29) is 18.4 Å². The van der Waals surface area contributed by atoms with E-state index in [0.717, 1.165) is 11.1 Å². The van der Waals surface area contributed by atoms with Crippen LogP contribution in [0.3, 0.4) is 0 Å². The molecule has 0 saturated carbocycles. The van der Waals surface area contributed by atoms with Crippen molar-refractivity contribution in [2.24, 2.45) is 0 Å². The largest absolute Gasteiger partial charge is 0.493 e. The average Bonchev–Trinajstić information content (AvgIpc) is 3.00. The van der Waals surface area contributed by atoms with Gasteiger partial charge in [0.05, 0.1) is 12.0 Å². The highest BCUT2D eigenvalue weighted by molar-refractivity contribution is 8.26. The smallest absolute Gasteiger partial charge is 0.263 e. The summed E-state index contributed by atoms with van der Waals surface area (Å²) in [7, 11) is 1.50. The maximum atomic E-state index is 12.2. The van der Waals surface area contributed by atoms with Crippen molar-refractivity contribution in [1.82, 2.24) is 5.32 Å². The van der Waals surface area contributed by atoms with E-state index >= 15 is 0 Å². The molecule has 1 aliphatic heterocycles. The lowest BCUT2D eigenvalue weighted by molar-refractivity contribution is -0.118. The molecule has 0 radical (unpaired) electrons. The molecule has 9 heteroatoms. The van der Waals surface area contributed by atoms with Crippen LogP contribution in [0.5, 0.6) is 11.5 Å². The molecular weight excluding hydrogens is 432 g/mol. The maximum Gasteiger partial charge on any atom is 0.263 e. The fraction of sp³-hybridized carbons (Fsp3) is 0.150. The third-order valence-corrected chi connectivity index (χ3v) is 5.51. The Labute approximate surface area is 182 Å². The quantitative estimate of drug-likeness (QED) is 0.510. The molecule has 1 heterocycles. The first-order valence-corrected chi connectivity index (χ1v) is 10.1. The van der Waals surface area contributed by atoms with E-state index in [4.69, 9.17) is 33.3 Å². The zero-order chi connectivity index (χ0) is 21.0. The zero-order valence-electron chi connectivity index (χ0n) is 15.6. The summed E-state index contributed by atoms with van der Waals surface area (Å²) >= 11 is 12.2. The molecule has 0 aliphatic carbocycles. The van der Waals surface area contributed by atoms with Gasteiger partial charge < -0.3 is 20.1 Å². The monoisotopic (exact) mass is 448 g/mol. The second-order valence-electron chi connectivity index (χ2n) is 6.06. The van der Waals surface area contributed by atoms with Gasteiger partial charge in [0.2, 0.25) is 0 Å². The standard InChI is InChI=1S/C20H17ClN2O4S2/c1-11-3-5-13(9-14(11)21)22-18(24)10-27-15-6-4-12(7-16(15)26-2)8-17-19(25)23-20(28)29-17/h3-9H,10H2,1-2H3,(H,22,24)(H,23,25,28)/b17-8-. The van der Waals surface area contributed by atoms with Gasteiger partial charge in [-0.05, 0) is 48.4 Å². The Morgan fingerprint density at radius 2 is 2.07 bits per heavy atom. The van der Waals surface area contributed by atoms with E-state index in [1.807, 2.05) is 13.0 Å². The van der Waals surface area contributed by atoms with E-state index in [2.05, 4.69) is 10.6 Å². The lowest BCUT2D eigenvalue weighted by Gasteiger charge is -2.12. The van der Waals surface area contributed by atoms with Gasteiger partial charge in [-0.25, -0.2) is 0 Å². The average molecular weight is 449 g/mol. The minimum Gasteiger partial charge on any atom is -0.493 e. The van der Waals surface area contributed by atoms with Crippen molar-refractivity contribution >= 4 is 63.5 Å². The predicted octanol–water partition coefficient (Wildman–Crippen LogP) is 4.16. The van der Waals surface area contributed by atoms with E-state index < -0.39 is 0 Å². The van der Waals surface area contributed by atoms with Crippen LogP contribution in [0.4, 0.5) is 5.69 Å². The van der Waals surface area contributed by atoms with Crippen LogP contribution in [-0.2, 0) is 9.59 Å². The van der Waals surface area contributed by atoms with Crippen molar-refractivity contribution in [3.05, 3.63) is 57.5 Å². The van der Waals surface area contributed by atoms with E-state index in [1.165, 1.54) is 18.9 Å². The summed E-state index contributed by atoms with van der Waals surface area (Å²) in [5.74, 6) is 0.292. The number of hydrogen-bond donors (Lipinski definition) is 2. The van der Waals surface area contributed by atoms with Crippen LogP contribution in [0, 0.1) is 6.92 Å². The first-order valence-electron chi connectivity index (χ1n) is 8.47. The zero-order valence-corrected chi connectivity index (χ0v) is 18.0. The van der Waals surface area contributed by atoms with Gasteiger partial charge in [0, 0.05) is 10.7 Å². The number of ether oxygens (including phenoxy) is 2. The molecule has 1 fully saturated rings. The number of carbonyl (C=O) groups is 2. The Hall–Kier alpha value is -2.55. The summed E-state index contributed by atoms with van der Waals surface area (Å²) in [5, 5.41) is 5.87. The number of carbonyl (C=O) groups excluding carboxylic acids is 2. The van der Waals surface area contributed by atoms with Crippen LogP contribution < -0.4 is 20.1 Å². The normalized spacial score (nSPS) is 14.7. The van der Waals surface area contributed by atoms with Gasteiger partial charge in [0.1, 0.15) is 4.32 Å². The number of methoxy groups -OCH3 is 1. The molecule has 2 amide bonds. The number of rotatable bonds is 6. The number of hydrogen-bond acceptors (Lipinski definition) is 6. The van der Waals surface area contributed by atoms with Crippen molar-refractivity contribution < 1.29 is 19.1 Å². The number of benzene rings is 2. The molecular formula is C20H17ClN2O4S2. The third-order valence-electron chi connectivity index (χ3n) is 3.94. The van der Waals surface area contributed by atoms with Crippen molar-refractivity contribution in [1.29, 1.82) is 0 Å². The number of anilines is 1. The molecule has 1 aliphatic rings. The molecule has 0 bridgehead atoms. The Kier molecular flexibility index (Phi) is 6.79. The number of halogens is 1. The van der Waals surface area contributed by atoms with Gasteiger partial charge in [-0.2, -0.15) is 0 Å². The molecule has 0 atom stereocenters. The molecule has 150 valence electrons. The molecule has 2 N–H and O–H groups in total.